The van der Waals surface area contributed by atoms with Crippen LogP contribution < -0.4 is 15.8 Å². The van der Waals surface area contributed by atoms with Crippen LogP contribution in [-0.4, -0.2) is 50.9 Å². The highest BCUT2D eigenvalue weighted by molar-refractivity contribution is 5.43. The molecule has 4 heteroatoms. The number of likely N-dealkylation sites (N-methyl/N-ethyl adjacent to an activating group) is 1. The lowest BCUT2D eigenvalue weighted by atomic mass is 10.2. The van der Waals surface area contributed by atoms with Crippen molar-refractivity contribution in [1.29, 1.82) is 0 Å². The van der Waals surface area contributed by atoms with E-state index in [1.165, 1.54) is 19.6 Å². The first-order chi connectivity index (χ1) is 8.68. The molecule has 1 aliphatic rings. The van der Waals surface area contributed by atoms with Crippen LogP contribution in [0.5, 0.6) is 5.75 Å². The monoisotopic (exact) mass is 250 g/mol. The van der Waals surface area contributed by atoms with Crippen LogP contribution in [0.4, 0.5) is 5.69 Å². The van der Waals surface area contributed by atoms with E-state index in [-0.39, 0.29) is 0 Å². The van der Waals surface area contributed by atoms with E-state index in [9.17, 15) is 0 Å². The second-order valence-electron chi connectivity index (χ2n) is 5.31. The summed E-state index contributed by atoms with van der Waals surface area (Å²) < 4.78 is 6.88. The summed E-state index contributed by atoms with van der Waals surface area (Å²) in [5.74, 6) is 0.873. The first-order valence-corrected chi connectivity index (χ1v) is 6.71. The number of piperazine rings is 1. The molecule has 0 amide bonds. The largest absolute Gasteiger partial charge is 0.493 e. The Kier molecular flexibility index (Phi) is 4.44. The number of benzene rings is 1. The Labute approximate surface area is 109 Å². The van der Waals surface area contributed by atoms with Crippen molar-refractivity contribution in [2.75, 3.05) is 52.1 Å². The van der Waals surface area contributed by atoms with Crippen LogP contribution in [0.3, 0.4) is 0 Å². The van der Waals surface area contributed by atoms with Crippen molar-refractivity contribution in [2.45, 2.75) is 6.42 Å². The standard InChI is InChI=1S/C14H24N3O/c1-17(9-6-16-7-10-17)8-3-11-18-14-5-2-4-13(15)12-14/h2,4-5,12,16H,3,6-11,15H2,1H3/q+1. The molecule has 0 atom stereocenters. The van der Waals surface area contributed by atoms with E-state index in [4.69, 9.17) is 10.5 Å². The number of hydrogen-bond acceptors (Lipinski definition) is 3. The molecule has 4 nitrogen and oxygen atoms in total. The molecule has 2 rings (SSSR count). The van der Waals surface area contributed by atoms with Crippen molar-refractivity contribution in [2.24, 2.45) is 0 Å². The van der Waals surface area contributed by atoms with Gasteiger partial charge in [0.2, 0.25) is 0 Å². The average Bonchev–Trinajstić information content (AvgIpc) is 2.36. The fraction of sp³-hybridized carbons (Fsp3) is 0.571. The van der Waals surface area contributed by atoms with Gasteiger partial charge in [-0.25, -0.2) is 0 Å². The van der Waals surface area contributed by atoms with E-state index < -0.39 is 0 Å². The summed E-state index contributed by atoms with van der Waals surface area (Å²) in [6.07, 6.45) is 1.09. The van der Waals surface area contributed by atoms with Crippen LogP contribution in [0.1, 0.15) is 6.42 Å². The Morgan fingerprint density at radius 3 is 2.83 bits per heavy atom. The molecule has 1 heterocycles. The van der Waals surface area contributed by atoms with Gasteiger partial charge >= 0.3 is 0 Å². The Morgan fingerprint density at radius 2 is 2.11 bits per heavy atom. The Bertz CT molecular complexity index is 375. The fourth-order valence-electron chi connectivity index (χ4n) is 2.40. The minimum atomic E-state index is 0.758. The number of ether oxygens (including phenoxy) is 1. The van der Waals surface area contributed by atoms with Gasteiger partial charge in [0.25, 0.3) is 0 Å². The maximum atomic E-state index is 5.72. The molecule has 1 aliphatic heterocycles. The number of rotatable bonds is 5. The summed E-state index contributed by atoms with van der Waals surface area (Å²) in [5, 5.41) is 3.40. The highest BCUT2D eigenvalue weighted by Crippen LogP contribution is 2.15. The lowest BCUT2D eigenvalue weighted by Crippen LogP contribution is -2.56. The van der Waals surface area contributed by atoms with Crippen LogP contribution in [0.15, 0.2) is 24.3 Å². The van der Waals surface area contributed by atoms with Crippen molar-refractivity contribution < 1.29 is 9.22 Å². The number of anilines is 1. The van der Waals surface area contributed by atoms with Crippen LogP contribution in [0.2, 0.25) is 0 Å². The van der Waals surface area contributed by atoms with E-state index in [0.717, 1.165) is 42.0 Å². The Balaban J connectivity index is 1.69. The molecule has 0 aliphatic carbocycles. The molecule has 1 fully saturated rings. The van der Waals surface area contributed by atoms with Gasteiger partial charge in [0.1, 0.15) is 5.75 Å². The van der Waals surface area contributed by atoms with Crippen LogP contribution in [0, 0.1) is 0 Å². The van der Waals surface area contributed by atoms with Gasteiger partial charge in [-0.3, -0.25) is 0 Å². The topological polar surface area (TPSA) is 47.3 Å². The molecule has 0 unspecified atom stereocenters. The van der Waals surface area contributed by atoms with Crippen molar-refractivity contribution in [1.82, 2.24) is 5.32 Å². The summed E-state index contributed by atoms with van der Waals surface area (Å²) in [4.78, 5) is 0. The van der Waals surface area contributed by atoms with Crippen molar-refractivity contribution in [3.63, 3.8) is 0 Å². The first kappa shape index (κ1) is 13.2. The number of nitrogen functional groups attached to an aromatic ring is 1. The summed E-state index contributed by atoms with van der Waals surface area (Å²) in [5.41, 5.74) is 6.47. The lowest BCUT2D eigenvalue weighted by molar-refractivity contribution is -0.911. The normalized spacial score (nSPS) is 18.5. The highest BCUT2D eigenvalue weighted by Gasteiger charge is 2.23. The van der Waals surface area contributed by atoms with Gasteiger partial charge < -0.3 is 20.3 Å². The quantitative estimate of drug-likeness (QED) is 0.467. The molecule has 18 heavy (non-hydrogen) atoms. The van der Waals surface area contributed by atoms with E-state index in [1.54, 1.807) is 0 Å². The molecular weight excluding hydrogens is 226 g/mol. The molecule has 0 saturated carbocycles. The third-order valence-corrected chi connectivity index (χ3v) is 3.63. The number of hydrogen-bond donors (Lipinski definition) is 2. The Morgan fingerprint density at radius 1 is 1.33 bits per heavy atom. The van der Waals surface area contributed by atoms with Crippen LogP contribution in [0.25, 0.3) is 0 Å². The third kappa shape index (κ3) is 3.89. The molecule has 1 saturated heterocycles. The lowest BCUT2D eigenvalue weighted by Gasteiger charge is -2.38. The second-order valence-corrected chi connectivity index (χ2v) is 5.31. The molecule has 0 radical (unpaired) electrons. The summed E-state index contributed by atoms with van der Waals surface area (Å²) in [6.45, 7) is 6.66. The predicted molar refractivity (Wildman–Crippen MR) is 74.6 cm³/mol. The van der Waals surface area contributed by atoms with Gasteiger partial charge in [-0.2, -0.15) is 0 Å². The van der Waals surface area contributed by atoms with Gasteiger partial charge in [0, 0.05) is 31.3 Å². The van der Waals surface area contributed by atoms with Crippen LogP contribution >= 0.6 is 0 Å². The van der Waals surface area contributed by atoms with E-state index in [1.807, 2.05) is 24.3 Å². The zero-order valence-corrected chi connectivity index (χ0v) is 11.2. The predicted octanol–water partition coefficient (Wildman–Crippen LogP) is 1.09. The number of nitrogens with one attached hydrogen (secondary N) is 1. The SMILES string of the molecule is C[N+]1(CCCOc2cccc(N)c2)CCNCC1. The smallest absolute Gasteiger partial charge is 0.121 e. The minimum Gasteiger partial charge on any atom is -0.493 e. The van der Waals surface area contributed by atoms with E-state index in [2.05, 4.69) is 12.4 Å². The maximum absolute atomic E-state index is 5.72. The van der Waals surface area contributed by atoms with Crippen molar-refractivity contribution in [3.05, 3.63) is 24.3 Å². The zero-order valence-electron chi connectivity index (χ0n) is 11.2. The van der Waals surface area contributed by atoms with Gasteiger partial charge in [0.15, 0.2) is 0 Å². The fourth-order valence-corrected chi connectivity index (χ4v) is 2.40. The second kappa shape index (κ2) is 6.07. The van der Waals surface area contributed by atoms with Gasteiger partial charge in [0.05, 0.1) is 33.3 Å². The number of quaternary nitrogens is 1. The summed E-state index contributed by atoms with van der Waals surface area (Å²) in [6, 6.07) is 7.63. The van der Waals surface area contributed by atoms with Gasteiger partial charge in [-0.1, -0.05) is 6.07 Å². The van der Waals surface area contributed by atoms with Crippen molar-refractivity contribution in [3.8, 4) is 5.75 Å². The van der Waals surface area contributed by atoms with Gasteiger partial charge in [-0.15, -0.1) is 0 Å². The van der Waals surface area contributed by atoms with E-state index in [0.29, 0.717) is 0 Å². The molecule has 0 bridgehead atoms. The Hall–Kier alpha value is -1.26. The van der Waals surface area contributed by atoms with Crippen LogP contribution in [-0.2, 0) is 0 Å². The molecule has 0 aromatic heterocycles. The van der Waals surface area contributed by atoms with Gasteiger partial charge in [-0.05, 0) is 12.1 Å². The van der Waals surface area contributed by atoms with E-state index >= 15 is 0 Å². The summed E-state index contributed by atoms with van der Waals surface area (Å²) in [7, 11) is 2.33. The summed E-state index contributed by atoms with van der Waals surface area (Å²) >= 11 is 0. The number of nitrogens with two attached hydrogens (primary N) is 1. The third-order valence-electron chi connectivity index (χ3n) is 3.63. The molecule has 3 N–H and O–H groups in total. The van der Waals surface area contributed by atoms with Crippen molar-refractivity contribution >= 4 is 5.69 Å². The zero-order chi connectivity index (χ0) is 12.8. The average molecular weight is 250 g/mol. The molecule has 1 aromatic rings. The minimum absolute atomic E-state index is 0.758. The molecule has 1 aromatic carbocycles. The number of nitrogens with zero attached hydrogens (tertiary/aromatic N) is 1. The highest BCUT2D eigenvalue weighted by atomic mass is 16.5. The first-order valence-electron chi connectivity index (χ1n) is 6.71. The molecule has 100 valence electrons. The maximum Gasteiger partial charge on any atom is 0.121 e. The molecular formula is C14H24N3O+. The molecule has 0 spiro atoms.